The third kappa shape index (κ3) is 4.22. The Morgan fingerprint density at radius 1 is 1.31 bits per heavy atom. The number of hydrogen-bond donors (Lipinski definition) is 1. The number of nitrogens with zero attached hydrogens (tertiary/aromatic N) is 4. The van der Waals surface area contributed by atoms with Crippen molar-refractivity contribution >= 4 is 40.5 Å². The first kappa shape index (κ1) is 18.8. The number of imidazole rings is 1. The van der Waals surface area contributed by atoms with Gasteiger partial charge in [0.15, 0.2) is 16.3 Å². The van der Waals surface area contributed by atoms with Crippen LogP contribution in [0.3, 0.4) is 0 Å². The van der Waals surface area contributed by atoms with E-state index in [1.807, 2.05) is 19.1 Å². The van der Waals surface area contributed by atoms with Crippen molar-refractivity contribution in [3.63, 3.8) is 0 Å². The fraction of sp³-hybridized carbons (Fsp3) is 0.312. The second-order valence-electron chi connectivity index (χ2n) is 5.53. The summed E-state index contributed by atoms with van der Waals surface area (Å²) in [5.41, 5.74) is 5.74. The molecule has 1 aromatic carbocycles. The molecule has 0 radical (unpaired) electrons. The van der Waals surface area contributed by atoms with Gasteiger partial charge in [0.2, 0.25) is 5.95 Å². The molecule has 26 heavy (non-hydrogen) atoms. The lowest BCUT2D eigenvalue weighted by Gasteiger charge is -2.19. The number of anilines is 1. The largest absolute Gasteiger partial charge is 0.368 e. The highest BCUT2D eigenvalue weighted by atomic mass is 35.5. The minimum absolute atomic E-state index is 0.0235. The number of aromatic nitrogens is 4. The molecule has 2 aromatic heterocycles. The molecule has 2 N–H and O–H groups in total. The van der Waals surface area contributed by atoms with Crippen LogP contribution in [-0.4, -0.2) is 37.8 Å². The Morgan fingerprint density at radius 3 is 2.73 bits per heavy atom. The van der Waals surface area contributed by atoms with Gasteiger partial charge in [-0.25, -0.2) is 13.8 Å². The summed E-state index contributed by atoms with van der Waals surface area (Å²) in [5, 5.41) is 0.103. The van der Waals surface area contributed by atoms with Crippen molar-refractivity contribution in [1.29, 1.82) is 0 Å². The van der Waals surface area contributed by atoms with Crippen molar-refractivity contribution < 1.29 is 13.5 Å². The zero-order valence-electron chi connectivity index (χ0n) is 13.8. The molecular formula is C16H16ClF2N5OS. The first-order valence-corrected chi connectivity index (χ1v) is 8.92. The van der Waals surface area contributed by atoms with Gasteiger partial charge in [0.05, 0.1) is 6.33 Å². The lowest BCUT2D eigenvalue weighted by Crippen LogP contribution is -2.26. The van der Waals surface area contributed by atoms with Crippen LogP contribution in [-0.2, 0) is 11.5 Å². The van der Waals surface area contributed by atoms with Gasteiger partial charge in [0.1, 0.15) is 25.0 Å². The van der Waals surface area contributed by atoms with Crippen LogP contribution < -0.4 is 5.73 Å². The molecule has 0 amide bonds. The zero-order chi connectivity index (χ0) is 18.7. The van der Waals surface area contributed by atoms with Gasteiger partial charge >= 0.3 is 0 Å². The Morgan fingerprint density at radius 2 is 2.04 bits per heavy atom. The summed E-state index contributed by atoms with van der Waals surface area (Å²) in [4.78, 5) is 12.6. The van der Waals surface area contributed by atoms with Gasteiger partial charge in [0, 0.05) is 4.90 Å². The predicted octanol–water partition coefficient (Wildman–Crippen LogP) is 3.77. The van der Waals surface area contributed by atoms with Crippen LogP contribution in [0.5, 0.6) is 0 Å². The summed E-state index contributed by atoms with van der Waals surface area (Å²) >= 11 is 6.85. The predicted molar refractivity (Wildman–Crippen MR) is 97.5 cm³/mol. The number of rotatable bonds is 7. The van der Waals surface area contributed by atoms with E-state index in [9.17, 15) is 8.78 Å². The Hall–Kier alpha value is -1.97. The van der Waals surface area contributed by atoms with Crippen molar-refractivity contribution in [1.82, 2.24) is 19.5 Å². The van der Waals surface area contributed by atoms with E-state index >= 15 is 0 Å². The second kappa shape index (κ2) is 8.15. The number of nitrogens with two attached hydrogens (primary N) is 1. The van der Waals surface area contributed by atoms with E-state index in [1.54, 1.807) is 12.1 Å². The molecular weight excluding hydrogens is 384 g/mol. The number of alkyl halides is 2. The van der Waals surface area contributed by atoms with Crippen LogP contribution in [0.25, 0.3) is 11.2 Å². The highest BCUT2D eigenvalue weighted by molar-refractivity contribution is 7.99. The molecule has 3 rings (SSSR count). The molecule has 0 unspecified atom stereocenters. The molecule has 2 heterocycles. The average Bonchev–Trinajstić information content (AvgIpc) is 3.01. The molecule has 3 aromatic rings. The standard InChI is InChI=1S/C16H16ClF2N5OS/c1-9-2-4-10(5-3-9)26-14(19)11(6-18)25-8-24-7-21-12-13(17)22-16(20)23-15(12)24/h2-5,7,11,14H,6,8H2,1H3,(H2,20,22,23)/t11-,14+/m0/s1. The van der Waals surface area contributed by atoms with Crippen molar-refractivity contribution in [3.8, 4) is 0 Å². The summed E-state index contributed by atoms with van der Waals surface area (Å²) in [6.45, 7) is 0.824. The first-order chi connectivity index (χ1) is 12.5. The van der Waals surface area contributed by atoms with Crippen molar-refractivity contribution in [3.05, 3.63) is 41.3 Å². The van der Waals surface area contributed by atoms with E-state index in [-0.39, 0.29) is 17.8 Å². The van der Waals surface area contributed by atoms with Gasteiger partial charge in [-0.05, 0) is 19.1 Å². The van der Waals surface area contributed by atoms with Crippen LogP contribution in [0.2, 0.25) is 5.15 Å². The summed E-state index contributed by atoms with van der Waals surface area (Å²) in [6.07, 6.45) is 0.161. The highest BCUT2D eigenvalue weighted by Gasteiger charge is 2.24. The quantitative estimate of drug-likeness (QED) is 0.481. The Labute approximate surface area is 157 Å². The van der Waals surface area contributed by atoms with Gasteiger partial charge in [-0.1, -0.05) is 41.1 Å². The average molecular weight is 400 g/mol. The minimum Gasteiger partial charge on any atom is -0.368 e. The number of benzene rings is 1. The Balaban J connectivity index is 1.68. The summed E-state index contributed by atoms with van der Waals surface area (Å²) < 4.78 is 34.6. The molecule has 2 atom stereocenters. The van der Waals surface area contributed by atoms with E-state index < -0.39 is 18.3 Å². The first-order valence-electron chi connectivity index (χ1n) is 7.66. The third-order valence-corrected chi connectivity index (χ3v) is 4.92. The van der Waals surface area contributed by atoms with Crippen LogP contribution in [0.15, 0.2) is 35.5 Å². The van der Waals surface area contributed by atoms with Crippen molar-refractivity contribution in [2.75, 3.05) is 12.4 Å². The number of ether oxygens (including phenoxy) is 1. The van der Waals surface area contributed by atoms with Crippen LogP contribution in [0.4, 0.5) is 14.7 Å². The maximum absolute atomic E-state index is 14.4. The van der Waals surface area contributed by atoms with Gasteiger partial charge in [-0.3, -0.25) is 4.57 Å². The monoisotopic (exact) mass is 399 g/mol. The van der Waals surface area contributed by atoms with Crippen molar-refractivity contribution in [2.45, 2.75) is 30.2 Å². The third-order valence-electron chi connectivity index (χ3n) is 3.58. The Kier molecular flexibility index (Phi) is 5.90. The summed E-state index contributed by atoms with van der Waals surface area (Å²) in [5.74, 6) is -0.0235. The fourth-order valence-corrected chi connectivity index (χ4v) is 3.29. The number of hydrogen-bond acceptors (Lipinski definition) is 6. The lowest BCUT2D eigenvalue weighted by atomic mass is 10.2. The molecule has 0 aliphatic carbocycles. The van der Waals surface area contributed by atoms with E-state index in [4.69, 9.17) is 22.1 Å². The summed E-state index contributed by atoms with van der Waals surface area (Å²) in [7, 11) is 0. The van der Waals surface area contributed by atoms with Crippen LogP contribution >= 0.6 is 23.4 Å². The SMILES string of the molecule is Cc1ccc(S[C@@H](F)[C@H](CF)OCn2cnc3c(Cl)nc(N)nc32)cc1. The molecule has 0 bridgehead atoms. The second-order valence-corrected chi connectivity index (χ2v) is 7.05. The molecule has 0 saturated heterocycles. The number of halogens is 3. The molecule has 0 fully saturated rings. The maximum atomic E-state index is 14.4. The smallest absolute Gasteiger partial charge is 0.223 e. The number of fused-ring (bicyclic) bond motifs is 1. The molecule has 6 nitrogen and oxygen atoms in total. The fourth-order valence-electron chi connectivity index (χ4n) is 2.21. The van der Waals surface area contributed by atoms with E-state index in [0.29, 0.717) is 16.1 Å². The molecule has 138 valence electrons. The van der Waals surface area contributed by atoms with Gasteiger partial charge in [-0.2, -0.15) is 9.97 Å². The highest BCUT2D eigenvalue weighted by Crippen LogP contribution is 2.28. The van der Waals surface area contributed by atoms with Crippen molar-refractivity contribution in [2.24, 2.45) is 0 Å². The molecule has 0 saturated carbocycles. The number of thioether (sulfide) groups is 1. The zero-order valence-corrected chi connectivity index (χ0v) is 15.3. The molecule has 0 spiro atoms. The van der Waals surface area contributed by atoms with Gasteiger partial charge < -0.3 is 10.5 Å². The van der Waals surface area contributed by atoms with Crippen LogP contribution in [0, 0.1) is 6.92 Å². The maximum Gasteiger partial charge on any atom is 0.223 e. The number of aryl methyl sites for hydroxylation is 1. The van der Waals surface area contributed by atoms with Crippen LogP contribution in [0.1, 0.15) is 5.56 Å². The summed E-state index contributed by atoms with van der Waals surface area (Å²) in [6, 6.07) is 7.30. The normalized spacial score (nSPS) is 13.8. The molecule has 0 aliphatic heterocycles. The van der Waals surface area contributed by atoms with Gasteiger partial charge in [-0.15, -0.1) is 0 Å². The van der Waals surface area contributed by atoms with E-state index in [2.05, 4.69) is 15.0 Å². The molecule has 0 aliphatic rings. The van der Waals surface area contributed by atoms with E-state index in [0.717, 1.165) is 17.3 Å². The number of nitrogen functional groups attached to an aromatic ring is 1. The topological polar surface area (TPSA) is 78.8 Å². The molecule has 10 heteroatoms. The van der Waals surface area contributed by atoms with E-state index in [1.165, 1.54) is 10.9 Å². The van der Waals surface area contributed by atoms with Gasteiger partial charge in [0.25, 0.3) is 0 Å². The minimum atomic E-state index is -1.57. The Bertz CT molecular complexity index is 892. The lowest BCUT2D eigenvalue weighted by molar-refractivity contribution is -0.0256.